The van der Waals surface area contributed by atoms with Crippen molar-refractivity contribution in [3.63, 3.8) is 0 Å². The van der Waals surface area contributed by atoms with Gasteiger partial charge >= 0.3 is 29.4 Å². The second kappa shape index (κ2) is 3.62. The van der Waals surface area contributed by atoms with E-state index in [9.17, 15) is 52.7 Å². The first-order valence-corrected chi connectivity index (χ1v) is 4.22. The molecule has 0 radical (unpaired) electrons. The largest absolute Gasteiger partial charge is 0.379 e. The topological polar surface area (TPSA) is 0 Å². The Labute approximate surface area is 95.9 Å². The predicted molar refractivity (Wildman–Crippen MR) is 34.5 cm³/mol. The summed E-state index contributed by atoms with van der Waals surface area (Å²) < 4.78 is 150. The van der Waals surface area contributed by atoms with Crippen LogP contribution in [0.1, 0.15) is 0 Å². The summed E-state index contributed by atoms with van der Waals surface area (Å²) in [6.45, 7) is 0. The standard InChI is InChI=1S/C7H2F12/c8-1-4(12,13)3(11,2(9)10)6(16,17)7(18,19)5(1,14)15/h1-2H. The number of halogens is 12. The Kier molecular flexibility index (Phi) is 3.09. The molecule has 0 aromatic heterocycles. The summed E-state index contributed by atoms with van der Waals surface area (Å²) in [5.41, 5.74) is -6.77. The number of hydrogen-bond acceptors (Lipinski definition) is 0. The Morgan fingerprint density at radius 2 is 1.00 bits per heavy atom. The van der Waals surface area contributed by atoms with E-state index < -0.39 is 42.0 Å². The molecular formula is C7H2F12. The van der Waals surface area contributed by atoms with Crippen molar-refractivity contribution in [1.29, 1.82) is 0 Å². The van der Waals surface area contributed by atoms with E-state index in [1.165, 1.54) is 0 Å². The second-order valence-electron chi connectivity index (χ2n) is 3.77. The van der Waals surface area contributed by atoms with Crippen LogP contribution in [0.4, 0.5) is 52.7 Å². The van der Waals surface area contributed by atoms with Gasteiger partial charge in [-0.2, -0.15) is 35.1 Å². The van der Waals surface area contributed by atoms with Gasteiger partial charge in [0, 0.05) is 0 Å². The smallest absolute Gasteiger partial charge is 0.234 e. The summed E-state index contributed by atoms with van der Waals surface area (Å²) in [6, 6.07) is 0. The van der Waals surface area contributed by atoms with Gasteiger partial charge in [0.15, 0.2) is 0 Å². The van der Waals surface area contributed by atoms with E-state index in [4.69, 9.17) is 0 Å². The van der Waals surface area contributed by atoms with Crippen molar-refractivity contribution in [3.8, 4) is 0 Å². The van der Waals surface area contributed by atoms with Gasteiger partial charge in [0.25, 0.3) is 6.43 Å². The van der Waals surface area contributed by atoms with Crippen LogP contribution in [0, 0.1) is 0 Å². The van der Waals surface area contributed by atoms with Crippen LogP contribution in [-0.2, 0) is 0 Å². The average molecular weight is 314 g/mol. The molecule has 1 aliphatic carbocycles. The zero-order valence-electron chi connectivity index (χ0n) is 8.19. The van der Waals surface area contributed by atoms with Crippen molar-refractivity contribution < 1.29 is 52.7 Å². The molecule has 0 aromatic carbocycles. The molecular weight excluding hydrogens is 312 g/mol. The average Bonchev–Trinajstić information content (AvgIpc) is 2.23. The molecule has 0 heterocycles. The SMILES string of the molecule is FC1C(F)(F)C(F)(F)C(F)(F)C(F)(C(F)F)C1(F)F. The lowest BCUT2D eigenvalue weighted by Crippen LogP contribution is -2.82. The van der Waals surface area contributed by atoms with Gasteiger partial charge in [-0.25, -0.2) is 17.6 Å². The van der Waals surface area contributed by atoms with Crippen LogP contribution in [0.2, 0.25) is 0 Å². The van der Waals surface area contributed by atoms with Crippen molar-refractivity contribution in [1.82, 2.24) is 0 Å². The van der Waals surface area contributed by atoms with Gasteiger partial charge in [0.2, 0.25) is 6.17 Å². The van der Waals surface area contributed by atoms with Gasteiger partial charge in [0.05, 0.1) is 0 Å². The molecule has 0 nitrogen and oxygen atoms in total. The summed E-state index contributed by atoms with van der Waals surface area (Å²) in [4.78, 5) is 0. The minimum Gasteiger partial charge on any atom is -0.234 e. The van der Waals surface area contributed by atoms with E-state index in [2.05, 4.69) is 0 Å². The van der Waals surface area contributed by atoms with Gasteiger partial charge in [-0.05, 0) is 0 Å². The maximum atomic E-state index is 13.0. The van der Waals surface area contributed by atoms with Crippen molar-refractivity contribution in [2.24, 2.45) is 0 Å². The molecule has 1 saturated carbocycles. The highest BCUT2D eigenvalue weighted by atomic mass is 19.4. The van der Waals surface area contributed by atoms with Crippen LogP contribution in [0.3, 0.4) is 0 Å². The summed E-state index contributed by atoms with van der Waals surface area (Å²) in [5, 5.41) is 0. The van der Waals surface area contributed by atoms with Crippen LogP contribution in [0.5, 0.6) is 0 Å². The Morgan fingerprint density at radius 3 is 1.32 bits per heavy atom. The van der Waals surface area contributed by atoms with E-state index in [1.807, 2.05) is 0 Å². The van der Waals surface area contributed by atoms with E-state index >= 15 is 0 Å². The van der Waals surface area contributed by atoms with Crippen LogP contribution in [-0.4, -0.2) is 42.0 Å². The fourth-order valence-corrected chi connectivity index (χ4v) is 1.50. The Balaban J connectivity index is 3.68. The first-order chi connectivity index (χ1) is 8.10. The molecule has 12 heteroatoms. The minimum absolute atomic E-state index is 5.53. The van der Waals surface area contributed by atoms with Crippen molar-refractivity contribution >= 4 is 0 Å². The molecule has 0 bridgehead atoms. The van der Waals surface area contributed by atoms with Crippen molar-refractivity contribution in [2.75, 3.05) is 0 Å². The maximum absolute atomic E-state index is 13.0. The lowest BCUT2D eigenvalue weighted by molar-refractivity contribution is -0.449. The van der Waals surface area contributed by atoms with Crippen LogP contribution < -0.4 is 0 Å². The second-order valence-corrected chi connectivity index (χ2v) is 3.77. The van der Waals surface area contributed by atoms with Crippen LogP contribution in [0.15, 0.2) is 0 Å². The fourth-order valence-electron chi connectivity index (χ4n) is 1.50. The molecule has 0 aromatic rings. The normalized spacial score (nSPS) is 39.3. The van der Waals surface area contributed by atoms with E-state index in [0.29, 0.717) is 0 Å². The van der Waals surface area contributed by atoms with Gasteiger partial charge in [-0.3, -0.25) is 0 Å². The third-order valence-corrected chi connectivity index (χ3v) is 2.69. The van der Waals surface area contributed by atoms with Crippen molar-refractivity contribution in [3.05, 3.63) is 0 Å². The maximum Gasteiger partial charge on any atom is 0.379 e. The molecule has 1 fully saturated rings. The Bertz CT molecular complexity index is 372. The lowest BCUT2D eigenvalue weighted by atomic mass is 9.73. The van der Waals surface area contributed by atoms with Crippen molar-refractivity contribution in [2.45, 2.75) is 42.0 Å². The Morgan fingerprint density at radius 1 is 0.632 bits per heavy atom. The van der Waals surface area contributed by atoms with Crippen LogP contribution >= 0.6 is 0 Å². The summed E-state index contributed by atoms with van der Waals surface area (Å²) >= 11 is 0. The molecule has 0 spiro atoms. The highest BCUT2D eigenvalue weighted by Gasteiger charge is 2.97. The summed E-state index contributed by atoms with van der Waals surface area (Å²) in [7, 11) is 0. The Hall–Kier alpha value is -0.840. The molecule has 0 amide bonds. The quantitative estimate of drug-likeness (QED) is 0.645. The molecule has 0 saturated heterocycles. The molecule has 114 valence electrons. The first kappa shape index (κ1) is 16.2. The summed E-state index contributed by atoms with van der Waals surface area (Å²) in [5.74, 6) is -27.7. The molecule has 2 unspecified atom stereocenters. The molecule has 2 atom stereocenters. The number of alkyl halides is 12. The molecule has 1 aliphatic rings. The van der Waals surface area contributed by atoms with Gasteiger partial charge in [-0.1, -0.05) is 0 Å². The zero-order valence-corrected chi connectivity index (χ0v) is 8.19. The third kappa shape index (κ3) is 1.40. The summed E-state index contributed by atoms with van der Waals surface area (Å²) in [6.07, 6.45) is -11.1. The first-order valence-electron chi connectivity index (χ1n) is 4.22. The number of rotatable bonds is 1. The lowest BCUT2D eigenvalue weighted by Gasteiger charge is -2.50. The fraction of sp³-hybridized carbons (Fsp3) is 1.00. The molecule has 0 aliphatic heterocycles. The molecule has 1 rings (SSSR count). The predicted octanol–water partition coefficient (Wildman–Crippen LogP) is 3.85. The van der Waals surface area contributed by atoms with E-state index in [1.54, 1.807) is 0 Å². The third-order valence-electron chi connectivity index (χ3n) is 2.69. The van der Waals surface area contributed by atoms with Gasteiger partial charge in [0.1, 0.15) is 0 Å². The highest BCUT2D eigenvalue weighted by Crippen LogP contribution is 2.66. The van der Waals surface area contributed by atoms with Gasteiger partial charge in [-0.15, -0.1) is 0 Å². The van der Waals surface area contributed by atoms with Crippen LogP contribution in [0.25, 0.3) is 0 Å². The zero-order chi connectivity index (χ0) is 15.7. The monoisotopic (exact) mass is 314 g/mol. The van der Waals surface area contributed by atoms with E-state index in [0.717, 1.165) is 0 Å². The highest BCUT2D eigenvalue weighted by molar-refractivity contribution is 5.24. The minimum atomic E-state index is -7.19. The van der Waals surface area contributed by atoms with Gasteiger partial charge < -0.3 is 0 Å². The molecule has 0 N–H and O–H groups in total. The number of hydrogen-bond donors (Lipinski definition) is 0. The molecule has 19 heavy (non-hydrogen) atoms. The van der Waals surface area contributed by atoms with E-state index in [-0.39, 0.29) is 0 Å².